The molecule has 1 amide bonds. The van der Waals surface area contributed by atoms with Gasteiger partial charge < -0.3 is 14.4 Å². The van der Waals surface area contributed by atoms with Gasteiger partial charge in [0.05, 0.1) is 30.2 Å². The van der Waals surface area contributed by atoms with Gasteiger partial charge in [0.1, 0.15) is 12.2 Å². The van der Waals surface area contributed by atoms with Crippen LogP contribution in [0.15, 0.2) is 30.3 Å². The maximum atomic E-state index is 12.1. The van der Waals surface area contributed by atoms with Gasteiger partial charge in [-0.05, 0) is 25.3 Å². The Balaban J connectivity index is 1.36. The number of nitrogens with zero attached hydrogens (tertiary/aromatic N) is 2. The van der Waals surface area contributed by atoms with Crippen molar-refractivity contribution in [3.8, 4) is 6.07 Å². The van der Waals surface area contributed by atoms with Crippen molar-refractivity contribution >= 4 is 6.09 Å². The Morgan fingerprint density at radius 2 is 2.05 bits per heavy atom. The quantitative estimate of drug-likeness (QED) is 0.841. The van der Waals surface area contributed by atoms with Crippen molar-refractivity contribution < 1.29 is 14.3 Å². The predicted molar refractivity (Wildman–Crippen MR) is 77.7 cm³/mol. The molecule has 0 N–H and O–H groups in total. The van der Waals surface area contributed by atoms with E-state index >= 15 is 0 Å². The van der Waals surface area contributed by atoms with E-state index in [9.17, 15) is 10.1 Å². The molecule has 1 saturated carbocycles. The second-order valence-electron chi connectivity index (χ2n) is 6.99. The fourth-order valence-electron chi connectivity index (χ4n) is 4.25. The number of likely N-dealkylation sites (tertiary alicyclic amines) is 1. The number of carbonyl (C=O) groups excluding carboxylic acids is 1. The summed E-state index contributed by atoms with van der Waals surface area (Å²) in [6.07, 6.45) is 1.23. The molecular weight excluding hydrogens is 280 g/mol. The van der Waals surface area contributed by atoms with Crippen LogP contribution in [0.4, 0.5) is 4.79 Å². The van der Waals surface area contributed by atoms with Crippen LogP contribution in [0.25, 0.3) is 0 Å². The number of rotatable bonds is 2. The zero-order valence-electron chi connectivity index (χ0n) is 12.5. The number of hydrogen-bond donors (Lipinski definition) is 0. The molecule has 5 heteroatoms. The van der Waals surface area contributed by atoms with E-state index in [1.54, 1.807) is 4.90 Å². The molecule has 0 aromatic heterocycles. The Labute approximate surface area is 129 Å². The van der Waals surface area contributed by atoms with Crippen molar-refractivity contribution in [1.29, 1.82) is 5.26 Å². The van der Waals surface area contributed by atoms with Crippen LogP contribution in [0.2, 0.25) is 0 Å². The number of ether oxygens (including phenoxy) is 2. The Bertz CT molecular complexity index is 652. The molecule has 3 heterocycles. The highest BCUT2D eigenvalue weighted by Gasteiger charge is 2.77. The van der Waals surface area contributed by atoms with E-state index in [-0.39, 0.29) is 18.3 Å². The first kappa shape index (κ1) is 13.6. The largest absolute Gasteiger partial charge is 0.445 e. The maximum absolute atomic E-state index is 12.1. The van der Waals surface area contributed by atoms with Crippen molar-refractivity contribution in [3.05, 3.63) is 35.9 Å². The lowest BCUT2D eigenvalue weighted by Gasteiger charge is -2.51. The van der Waals surface area contributed by atoms with E-state index in [1.165, 1.54) is 0 Å². The number of nitriles is 1. The lowest BCUT2D eigenvalue weighted by atomic mass is 9.55. The van der Waals surface area contributed by atoms with Crippen molar-refractivity contribution in [2.45, 2.75) is 37.6 Å². The van der Waals surface area contributed by atoms with Crippen LogP contribution in [0.5, 0.6) is 0 Å². The molecule has 4 fully saturated rings. The lowest BCUT2D eigenvalue weighted by Crippen LogP contribution is -2.68. The third kappa shape index (κ3) is 1.71. The van der Waals surface area contributed by atoms with Crippen LogP contribution >= 0.6 is 0 Å². The topological polar surface area (TPSA) is 62.6 Å². The van der Waals surface area contributed by atoms with Crippen LogP contribution < -0.4 is 0 Å². The van der Waals surface area contributed by atoms with Gasteiger partial charge in [0.25, 0.3) is 0 Å². The summed E-state index contributed by atoms with van der Waals surface area (Å²) in [5, 5.41) is 9.49. The molecule has 3 saturated heterocycles. The third-order valence-electron chi connectivity index (χ3n) is 5.24. The van der Waals surface area contributed by atoms with E-state index in [0.717, 1.165) is 18.4 Å². The first-order valence-corrected chi connectivity index (χ1v) is 7.57. The second-order valence-corrected chi connectivity index (χ2v) is 6.99. The van der Waals surface area contributed by atoms with Gasteiger partial charge in [0, 0.05) is 0 Å². The highest BCUT2D eigenvalue weighted by atomic mass is 16.6. The summed E-state index contributed by atoms with van der Waals surface area (Å²) in [4.78, 5) is 13.7. The van der Waals surface area contributed by atoms with E-state index < -0.39 is 11.0 Å². The molecular formula is C17H18N2O3. The van der Waals surface area contributed by atoms with Crippen LogP contribution in [0.1, 0.15) is 25.3 Å². The summed E-state index contributed by atoms with van der Waals surface area (Å²) in [5.41, 5.74) is -0.0813. The summed E-state index contributed by atoms with van der Waals surface area (Å²) in [7, 11) is 0. The molecule has 1 aromatic carbocycles. The van der Waals surface area contributed by atoms with E-state index in [0.29, 0.717) is 13.1 Å². The van der Waals surface area contributed by atoms with Gasteiger partial charge in [-0.2, -0.15) is 5.26 Å². The van der Waals surface area contributed by atoms with Crippen molar-refractivity contribution in [2.24, 2.45) is 5.41 Å². The highest BCUT2D eigenvalue weighted by molar-refractivity contribution is 5.69. The van der Waals surface area contributed by atoms with Crippen LogP contribution in [-0.2, 0) is 16.1 Å². The summed E-state index contributed by atoms with van der Waals surface area (Å²) in [6.45, 7) is 3.24. The SMILES string of the molecule is CC12CC(C#N)(C1)C1(CN(C(=O)OCc3ccccc3)C1)O2. The van der Waals surface area contributed by atoms with Gasteiger partial charge in [0.2, 0.25) is 0 Å². The molecule has 0 unspecified atom stereocenters. The zero-order chi connectivity index (χ0) is 15.4. The molecule has 1 aromatic rings. The fraction of sp³-hybridized carbons (Fsp3) is 0.529. The molecule has 1 spiro atoms. The predicted octanol–water partition coefficient (Wildman–Crippen LogP) is 2.47. The smallest absolute Gasteiger partial charge is 0.410 e. The lowest BCUT2D eigenvalue weighted by molar-refractivity contribution is -0.135. The molecule has 3 aliphatic heterocycles. The molecule has 114 valence electrons. The molecule has 1 aliphatic carbocycles. The van der Waals surface area contributed by atoms with Gasteiger partial charge in [-0.1, -0.05) is 30.3 Å². The second kappa shape index (κ2) is 4.23. The minimum Gasteiger partial charge on any atom is -0.445 e. The third-order valence-corrected chi connectivity index (χ3v) is 5.24. The molecule has 4 aliphatic rings. The molecule has 22 heavy (non-hydrogen) atoms. The maximum Gasteiger partial charge on any atom is 0.410 e. The summed E-state index contributed by atoms with van der Waals surface area (Å²) in [5.74, 6) is 0. The first-order chi connectivity index (χ1) is 10.5. The van der Waals surface area contributed by atoms with Crippen LogP contribution in [-0.4, -0.2) is 35.3 Å². The average Bonchev–Trinajstić information content (AvgIpc) is 2.88. The van der Waals surface area contributed by atoms with Gasteiger partial charge in [-0.15, -0.1) is 0 Å². The normalized spacial score (nSPS) is 33.7. The Morgan fingerprint density at radius 1 is 1.36 bits per heavy atom. The molecule has 2 bridgehead atoms. The van der Waals surface area contributed by atoms with Crippen LogP contribution in [0, 0.1) is 16.7 Å². The van der Waals surface area contributed by atoms with Gasteiger partial charge in [0.15, 0.2) is 0 Å². The monoisotopic (exact) mass is 298 g/mol. The summed E-state index contributed by atoms with van der Waals surface area (Å²) in [6, 6.07) is 12.0. The molecule has 5 nitrogen and oxygen atoms in total. The Hall–Kier alpha value is -2.06. The van der Waals surface area contributed by atoms with Crippen molar-refractivity contribution in [2.75, 3.05) is 13.1 Å². The minimum atomic E-state index is -0.470. The zero-order valence-corrected chi connectivity index (χ0v) is 12.5. The number of amides is 1. The number of hydrogen-bond acceptors (Lipinski definition) is 4. The Morgan fingerprint density at radius 3 is 2.68 bits per heavy atom. The van der Waals surface area contributed by atoms with E-state index in [4.69, 9.17) is 9.47 Å². The Kier molecular flexibility index (Phi) is 2.62. The highest BCUT2D eigenvalue weighted by Crippen LogP contribution is 2.68. The number of benzene rings is 1. The van der Waals surface area contributed by atoms with Crippen LogP contribution in [0.3, 0.4) is 0 Å². The summed E-state index contributed by atoms with van der Waals surface area (Å²) < 4.78 is 11.4. The van der Waals surface area contributed by atoms with E-state index in [1.807, 2.05) is 37.3 Å². The van der Waals surface area contributed by atoms with Crippen molar-refractivity contribution in [1.82, 2.24) is 4.90 Å². The minimum absolute atomic E-state index is 0.171. The van der Waals surface area contributed by atoms with Gasteiger partial charge >= 0.3 is 6.09 Å². The first-order valence-electron chi connectivity index (χ1n) is 7.57. The fourth-order valence-corrected chi connectivity index (χ4v) is 4.25. The van der Waals surface area contributed by atoms with Gasteiger partial charge in [-0.3, -0.25) is 0 Å². The molecule has 0 atom stereocenters. The van der Waals surface area contributed by atoms with Gasteiger partial charge in [-0.25, -0.2) is 4.79 Å². The summed E-state index contributed by atoms with van der Waals surface area (Å²) >= 11 is 0. The molecule has 0 radical (unpaired) electrons. The number of carbonyl (C=O) groups is 1. The van der Waals surface area contributed by atoms with Crippen molar-refractivity contribution in [3.63, 3.8) is 0 Å². The molecule has 5 rings (SSSR count). The standard InChI is InChI=1S/C17H18N2O3/c1-15-8-16(9-15,10-18)17(22-15)11-19(12-17)14(20)21-7-13-5-3-2-4-6-13/h2-6H,7-9,11-12H2,1H3. The average molecular weight is 298 g/mol. The van der Waals surface area contributed by atoms with E-state index in [2.05, 4.69) is 6.07 Å².